The Hall–Kier alpha value is -3.27. The number of nitrogens with one attached hydrogen (secondary N) is 1. The van der Waals surface area contributed by atoms with Crippen LogP contribution in [-0.4, -0.2) is 57.1 Å². The molecule has 0 saturated heterocycles. The lowest BCUT2D eigenvalue weighted by atomic mass is 10.0. The Balaban J connectivity index is 2.11. The molecular formula is C30H35Cl2N3O5S. The second-order valence-electron chi connectivity index (χ2n) is 9.72. The molecule has 3 aromatic rings. The van der Waals surface area contributed by atoms with Crippen molar-refractivity contribution in [3.05, 3.63) is 94.0 Å². The molecule has 0 aromatic heterocycles. The van der Waals surface area contributed by atoms with Crippen LogP contribution in [0.15, 0.2) is 72.8 Å². The van der Waals surface area contributed by atoms with Crippen molar-refractivity contribution in [1.82, 2.24) is 10.2 Å². The van der Waals surface area contributed by atoms with E-state index < -0.39 is 28.5 Å². The smallest absolute Gasteiger partial charge is 0.244 e. The number of nitrogens with zero attached hydrogens (tertiary/aromatic N) is 2. The second kappa shape index (κ2) is 14.6. The maximum Gasteiger partial charge on any atom is 0.244 e. The van der Waals surface area contributed by atoms with Crippen LogP contribution < -0.4 is 14.4 Å². The Bertz CT molecular complexity index is 1430. The fraction of sp³-hybridized carbons (Fsp3) is 0.333. The number of hydrogen-bond donors (Lipinski definition) is 1. The van der Waals surface area contributed by atoms with Crippen molar-refractivity contribution in [1.29, 1.82) is 0 Å². The summed E-state index contributed by atoms with van der Waals surface area (Å²) >= 11 is 13.0. The summed E-state index contributed by atoms with van der Waals surface area (Å²) in [6.07, 6.45) is 1.90. The Morgan fingerprint density at radius 2 is 1.61 bits per heavy atom. The molecule has 0 unspecified atom stereocenters. The lowest BCUT2D eigenvalue weighted by Crippen LogP contribution is -2.54. The molecule has 8 nitrogen and oxygen atoms in total. The maximum atomic E-state index is 14.2. The van der Waals surface area contributed by atoms with Crippen LogP contribution in [-0.2, 0) is 32.6 Å². The molecule has 2 amide bonds. The number of hydrogen-bond acceptors (Lipinski definition) is 5. The summed E-state index contributed by atoms with van der Waals surface area (Å²) in [5.74, 6) is -0.542. The molecule has 220 valence electrons. The van der Waals surface area contributed by atoms with Gasteiger partial charge in [0.05, 0.1) is 19.1 Å². The van der Waals surface area contributed by atoms with Gasteiger partial charge in [-0.3, -0.25) is 13.9 Å². The van der Waals surface area contributed by atoms with Crippen molar-refractivity contribution in [3.63, 3.8) is 0 Å². The number of rotatable bonds is 13. The number of methoxy groups -OCH3 is 1. The fourth-order valence-corrected chi connectivity index (χ4v) is 5.59. The minimum absolute atomic E-state index is 0.113. The normalized spacial score (nSPS) is 12.7. The third-order valence-corrected chi connectivity index (χ3v) is 8.53. The molecule has 0 aliphatic rings. The van der Waals surface area contributed by atoms with Crippen molar-refractivity contribution < 1.29 is 22.7 Å². The predicted octanol–water partition coefficient (Wildman–Crippen LogP) is 5.32. The van der Waals surface area contributed by atoms with E-state index in [1.165, 1.54) is 18.1 Å². The van der Waals surface area contributed by atoms with Crippen molar-refractivity contribution in [2.45, 2.75) is 45.3 Å². The Morgan fingerprint density at radius 1 is 0.976 bits per heavy atom. The molecule has 1 N–H and O–H groups in total. The molecule has 0 saturated carbocycles. The molecule has 0 heterocycles. The standard InChI is InChI=1S/C30H35Cl2N3O5S/c1-5-21(2)33-30(37)28(17-22-11-7-6-8-12-22)34(19-25-26(31)15-10-16-27(25)32)29(36)20-35(41(4,38)39)23-13-9-14-24(18-23)40-3/h6-16,18,21,28H,5,17,19-20H2,1-4H3,(H,33,37)/t21-,28-/m0/s1. The second-order valence-corrected chi connectivity index (χ2v) is 12.4. The van der Waals surface area contributed by atoms with Gasteiger partial charge in [-0.05, 0) is 43.2 Å². The zero-order valence-electron chi connectivity index (χ0n) is 23.5. The number of benzene rings is 3. The first kappa shape index (κ1) is 32.2. The van der Waals surface area contributed by atoms with E-state index in [0.717, 1.165) is 16.1 Å². The van der Waals surface area contributed by atoms with Gasteiger partial charge in [0.2, 0.25) is 21.8 Å². The topological polar surface area (TPSA) is 96.0 Å². The van der Waals surface area contributed by atoms with Gasteiger partial charge in [-0.1, -0.05) is 72.6 Å². The maximum absolute atomic E-state index is 14.2. The molecule has 0 radical (unpaired) electrons. The minimum Gasteiger partial charge on any atom is -0.497 e. The first-order valence-electron chi connectivity index (χ1n) is 13.1. The molecule has 0 spiro atoms. The van der Waals surface area contributed by atoms with Crippen LogP contribution in [0, 0.1) is 0 Å². The van der Waals surface area contributed by atoms with Crippen LogP contribution in [0.3, 0.4) is 0 Å². The van der Waals surface area contributed by atoms with E-state index in [4.69, 9.17) is 27.9 Å². The van der Waals surface area contributed by atoms with Crippen LogP contribution in [0.5, 0.6) is 5.75 Å². The van der Waals surface area contributed by atoms with Crippen molar-refractivity contribution in [2.75, 3.05) is 24.2 Å². The van der Waals surface area contributed by atoms with Gasteiger partial charge in [-0.2, -0.15) is 0 Å². The van der Waals surface area contributed by atoms with Crippen molar-refractivity contribution in [2.24, 2.45) is 0 Å². The first-order valence-corrected chi connectivity index (χ1v) is 15.7. The summed E-state index contributed by atoms with van der Waals surface area (Å²) in [5.41, 5.74) is 1.53. The Morgan fingerprint density at radius 3 is 2.20 bits per heavy atom. The van der Waals surface area contributed by atoms with Gasteiger partial charge in [0.25, 0.3) is 0 Å². The van der Waals surface area contributed by atoms with E-state index in [2.05, 4.69) is 5.32 Å². The van der Waals surface area contributed by atoms with Crippen molar-refractivity contribution in [3.8, 4) is 5.75 Å². The minimum atomic E-state index is -3.91. The van der Waals surface area contributed by atoms with Gasteiger partial charge in [0.15, 0.2) is 0 Å². The number of halogens is 2. The number of sulfonamides is 1. The number of ether oxygens (including phenoxy) is 1. The molecule has 3 aromatic carbocycles. The summed E-state index contributed by atoms with van der Waals surface area (Å²) in [7, 11) is -2.44. The molecular weight excluding hydrogens is 585 g/mol. The van der Waals surface area contributed by atoms with E-state index in [1.54, 1.807) is 36.4 Å². The van der Waals surface area contributed by atoms with Gasteiger partial charge < -0.3 is 15.0 Å². The number of carbonyl (C=O) groups excluding carboxylic acids is 2. The lowest BCUT2D eigenvalue weighted by Gasteiger charge is -2.34. The average Bonchev–Trinajstić information content (AvgIpc) is 2.94. The first-order chi connectivity index (χ1) is 19.4. The summed E-state index contributed by atoms with van der Waals surface area (Å²) < 4.78 is 32.1. The third-order valence-electron chi connectivity index (χ3n) is 6.68. The van der Waals surface area contributed by atoms with Gasteiger partial charge in [0, 0.05) is 40.7 Å². The molecule has 3 rings (SSSR count). The highest BCUT2D eigenvalue weighted by atomic mass is 35.5. The summed E-state index contributed by atoms with van der Waals surface area (Å²) in [4.78, 5) is 29.3. The van der Waals surface area contributed by atoms with Crippen LogP contribution in [0.4, 0.5) is 5.69 Å². The molecule has 0 fully saturated rings. The quantitative estimate of drug-likeness (QED) is 0.279. The van der Waals surface area contributed by atoms with Crippen LogP contribution in [0.1, 0.15) is 31.4 Å². The van der Waals surface area contributed by atoms with Crippen molar-refractivity contribution >= 4 is 50.7 Å². The monoisotopic (exact) mass is 619 g/mol. The lowest BCUT2D eigenvalue weighted by molar-refractivity contribution is -0.140. The van der Waals surface area contributed by atoms with Crippen LogP contribution >= 0.6 is 23.2 Å². The SMILES string of the molecule is CC[C@H](C)NC(=O)[C@H](Cc1ccccc1)N(Cc1c(Cl)cccc1Cl)C(=O)CN(c1cccc(OC)c1)S(C)(=O)=O. The summed E-state index contributed by atoms with van der Waals surface area (Å²) in [6.45, 7) is 3.15. The third kappa shape index (κ3) is 8.86. The van der Waals surface area contributed by atoms with Gasteiger partial charge in [0.1, 0.15) is 18.3 Å². The highest BCUT2D eigenvalue weighted by Gasteiger charge is 2.34. The Kier molecular flexibility index (Phi) is 11.5. The van der Waals surface area contributed by atoms with E-state index in [1.807, 2.05) is 44.2 Å². The predicted molar refractivity (Wildman–Crippen MR) is 164 cm³/mol. The van der Waals surface area contributed by atoms with Gasteiger partial charge in [-0.25, -0.2) is 8.42 Å². The van der Waals surface area contributed by atoms with E-state index in [0.29, 0.717) is 27.8 Å². The van der Waals surface area contributed by atoms with E-state index >= 15 is 0 Å². The molecule has 0 aliphatic carbocycles. The summed E-state index contributed by atoms with van der Waals surface area (Å²) in [5, 5.41) is 3.63. The number of anilines is 1. The number of amides is 2. The van der Waals surface area contributed by atoms with E-state index in [9.17, 15) is 18.0 Å². The van der Waals surface area contributed by atoms with Gasteiger partial charge in [-0.15, -0.1) is 0 Å². The van der Waals surface area contributed by atoms with Crippen LogP contribution in [0.2, 0.25) is 10.0 Å². The highest BCUT2D eigenvalue weighted by molar-refractivity contribution is 7.92. The highest BCUT2D eigenvalue weighted by Crippen LogP contribution is 2.28. The summed E-state index contributed by atoms with van der Waals surface area (Å²) in [6, 6.07) is 19.6. The van der Waals surface area contributed by atoms with Crippen LogP contribution in [0.25, 0.3) is 0 Å². The fourth-order valence-electron chi connectivity index (χ4n) is 4.23. The Labute approximate surface area is 252 Å². The van der Waals surface area contributed by atoms with E-state index in [-0.39, 0.29) is 30.6 Å². The zero-order chi connectivity index (χ0) is 30.2. The molecule has 11 heteroatoms. The molecule has 0 aliphatic heterocycles. The number of carbonyl (C=O) groups is 2. The largest absolute Gasteiger partial charge is 0.497 e. The van der Waals surface area contributed by atoms with Gasteiger partial charge >= 0.3 is 0 Å². The molecule has 2 atom stereocenters. The average molecular weight is 621 g/mol. The molecule has 0 bridgehead atoms. The molecule has 41 heavy (non-hydrogen) atoms. The zero-order valence-corrected chi connectivity index (χ0v) is 25.8.